The van der Waals surface area contributed by atoms with E-state index in [9.17, 15) is 8.78 Å². The maximum atomic E-state index is 13.9. The maximum absolute atomic E-state index is 13.9. The molecule has 26 heavy (non-hydrogen) atoms. The third kappa shape index (κ3) is 4.18. The third-order valence-corrected chi connectivity index (χ3v) is 5.47. The fraction of sp³-hybridized carbons (Fsp3) is 0.667. The Hall–Kier alpha value is -1.65. The number of hydrogen-bond donors (Lipinski definition) is 1. The van der Waals surface area contributed by atoms with Crippen molar-refractivity contribution < 1.29 is 8.78 Å². The largest absolute Gasteiger partial charge is 0.388 e. The van der Waals surface area contributed by atoms with Crippen molar-refractivity contribution in [3.05, 3.63) is 24.0 Å². The van der Waals surface area contributed by atoms with E-state index >= 15 is 0 Å². The quantitative estimate of drug-likeness (QED) is 0.727. The number of benzene rings is 1. The van der Waals surface area contributed by atoms with Gasteiger partial charge in [0.05, 0.1) is 11.0 Å². The number of hydrogen-bond acceptors (Lipinski definition) is 2. The van der Waals surface area contributed by atoms with Crippen LogP contribution in [-0.2, 0) is 12.0 Å². The Labute approximate surface area is 155 Å². The van der Waals surface area contributed by atoms with Crippen molar-refractivity contribution in [2.45, 2.75) is 77.2 Å². The van der Waals surface area contributed by atoms with Gasteiger partial charge < -0.3 is 9.88 Å². The van der Waals surface area contributed by atoms with E-state index in [0.29, 0.717) is 12.8 Å². The lowest BCUT2D eigenvalue weighted by molar-refractivity contribution is -0.0298. The van der Waals surface area contributed by atoms with Crippen molar-refractivity contribution >= 4 is 16.7 Å². The predicted molar refractivity (Wildman–Crippen MR) is 104 cm³/mol. The van der Waals surface area contributed by atoms with Crippen LogP contribution in [0.1, 0.15) is 65.1 Å². The minimum atomic E-state index is -2.50. The highest BCUT2D eigenvalue weighted by molar-refractivity contribution is 5.80. The molecule has 1 N–H and O–H groups in total. The van der Waals surface area contributed by atoms with Crippen LogP contribution in [0.25, 0.3) is 11.0 Å². The molecular formula is C21H31F2N3. The molecule has 1 aliphatic carbocycles. The Morgan fingerprint density at radius 2 is 1.96 bits per heavy atom. The van der Waals surface area contributed by atoms with Crippen molar-refractivity contribution in [3.63, 3.8) is 0 Å². The molecule has 1 heterocycles. The van der Waals surface area contributed by atoms with Gasteiger partial charge in [-0.1, -0.05) is 27.2 Å². The van der Waals surface area contributed by atoms with Crippen LogP contribution in [-0.4, -0.2) is 22.5 Å². The van der Waals surface area contributed by atoms with Gasteiger partial charge in [-0.15, -0.1) is 0 Å². The van der Waals surface area contributed by atoms with Crippen LogP contribution in [0.2, 0.25) is 0 Å². The van der Waals surface area contributed by atoms with Crippen molar-refractivity contribution in [1.29, 1.82) is 0 Å². The smallest absolute Gasteiger partial charge is 0.248 e. The number of aromatic nitrogens is 2. The lowest BCUT2D eigenvalue weighted by atomic mass is 9.88. The molecule has 1 aromatic heterocycles. The van der Waals surface area contributed by atoms with Crippen molar-refractivity contribution in [2.24, 2.45) is 5.92 Å². The molecule has 1 atom stereocenters. The number of imidazole rings is 1. The van der Waals surface area contributed by atoms with Crippen LogP contribution >= 0.6 is 0 Å². The number of halogens is 2. The molecule has 2 aromatic rings. The summed E-state index contributed by atoms with van der Waals surface area (Å²) in [6, 6.07) is 6.22. The topological polar surface area (TPSA) is 29.9 Å². The first-order valence-electron chi connectivity index (χ1n) is 9.76. The van der Waals surface area contributed by atoms with E-state index in [1.165, 1.54) is 0 Å². The molecule has 0 spiro atoms. The summed E-state index contributed by atoms with van der Waals surface area (Å²) in [6.07, 6.45) is 3.19. The SMILES string of the molecule is CNc1ccc2c(c1)nc(C(C)(C)C)n2CC1CCCCC(F)(F)CC1. The Balaban J connectivity index is 1.94. The molecule has 1 saturated carbocycles. The Morgan fingerprint density at radius 3 is 2.65 bits per heavy atom. The van der Waals surface area contributed by atoms with Crippen LogP contribution in [0.15, 0.2) is 18.2 Å². The van der Waals surface area contributed by atoms with E-state index < -0.39 is 5.92 Å². The number of alkyl halides is 2. The zero-order valence-corrected chi connectivity index (χ0v) is 16.4. The van der Waals surface area contributed by atoms with E-state index in [1.807, 2.05) is 7.05 Å². The first kappa shape index (κ1) is 19.1. The Morgan fingerprint density at radius 1 is 1.19 bits per heavy atom. The molecule has 1 aliphatic rings. The monoisotopic (exact) mass is 363 g/mol. The van der Waals surface area contributed by atoms with E-state index in [2.05, 4.69) is 48.9 Å². The highest BCUT2D eigenvalue weighted by atomic mass is 19.3. The van der Waals surface area contributed by atoms with Gasteiger partial charge >= 0.3 is 0 Å². The molecule has 1 aromatic carbocycles. The fourth-order valence-electron chi connectivity index (χ4n) is 3.98. The summed E-state index contributed by atoms with van der Waals surface area (Å²) in [5.74, 6) is -1.18. The van der Waals surface area contributed by atoms with Gasteiger partial charge in [-0.05, 0) is 43.4 Å². The Kier molecular flexibility index (Phi) is 5.27. The first-order valence-corrected chi connectivity index (χ1v) is 9.76. The van der Waals surface area contributed by atoms with Crippen LogP contribution in [0, 0.1) is 5.92 Å². The molecule has 3 nitrogen and oxygen atoms in total. The summed E-state index contributed by atoms with van der Waals surface area (Å²) in [5, 5.41) is 3.16. The van der Waals surface area contributed by atoms with Crippen molar-refractivity contribution in [1.82, 2.24) is 9.55 Å². The molecule has 0 radical (unpaired) electrons. The number of nitrogens with one attached hydrogen (secondary N) is 1. The van der Waals surface area contributed by atoms with Crippen molar-refractivity contribution in [2.75, 3.05) is 12.4 Å². The summed E-state index contributed by atoms with van der Waals surface area (Å²) in [7, 11) is 1.90. The molecule has 0 amide bonds. The van der Waals surface area contributed by atoms with Crippen LogP contribution in [0.4, 0.5) is 14.5 Å². The molecule has 1 unspecified atom stereocenters. The van der Waals surface area contributed by atoms with Gasteiger partial charge in [0.1, 0.15) is 5.82 Å². The lowest BCUT2D eigenvalue weighted by Gasteiger charge is -2.27. The van der Waals surface area contributed by atoms with Gasteiger partial charge in [-0.25, -0.2) is 13.8 Å². The third-order valence-electron chi connectivity index (χ3n) is 5.47. The molecule has 1 fully saturated rings. The summed E-state index contributed by atoms with van der Waals surface area (Å²) in [5.41, 5.74) is 3.01. The van der Waals surface area contributed by atoms with Gasteiger partial charge in [0.2, 0.25) is 5.92 Å². The summed E-state index contributed by atoms with van der Waals surface area (Å²) < 4.78 is 30.0. The number of nitrogens with zero attached hydrogens (tertiary/aromatic N) is 2. The van der Waals surface area contributed by atoms with Gasteiger partial charge in [-0.2, -0.15) is 0 Å². The van der Waals surface area contributed by atoms with Gasteiger partial charge in [0.15, 0.2) is 0 Å². The molecule has 0 aliphatic heterocycles. The minimum absolute atomic E-state index is 0.0129. The first-order chi connectivity index (χ1) is 12.2. The number of anilines is 1. The minimum Gasteiger partial charge on any atom is -0.388 e. The average Bonchev–Trinajstić information content (AvgIpc) is 2.92. The maximum Gasteiger partial charge on any atom is 0.248 e. The molecule has 3 rings (SSSR count). The summed E-state index contributed by atoms with van der Waals surface area (Å²) >= 11 is 0. The lowest BCUT2D eigenvalue weighted by Crippen LogP contribution is -2.25. The zero-order valence-electron chi connectivity index (χ0n) is 16.4. The number of fused-ring (bicyclic) bond motifs is 1. The normalized spacial score (nSPS) is 21.4. The van der Waals surface area contributed by atoms with Crippen molar-refractivity contribution in [3.8, 4) is 0 Å². The summed E-state index contributed by atoms with van der Waals surface area (Å²) in [4.78, 5) is 4.90. The molecule has 0 saturated heterocycles. The van der Waals surface area contributed by atoms with E-state index in [-0.39, 0.29) is 24.2 Å². The predicted octanol–water partition coefficient (Wildman–Crippen LogP) is 5.98. The average molecular weight is 363 g/mol. The standard InChI is InChI=1S/C21H31F2N3/c1-20(2,3)19-25-17-13-16(24-4)8-9-18(17)26(19)14-15-7-5-6-11-21(22,23)12-10-15/h8-9,13,15,24H,5-7,10-12,14H2,1-4H3. The van der Waals surface area contributed by atoms with Crippen LogP contribution in [0.3, 0.4) is 0 Å². The second-order valence-corrected chi connectivity index (χ2v) is 8.76. The van der Waals surface area contributed by atoms with Gasteiger partial charge in [0.25, 0.3) is 0 Å². The molecule has 5 heteroatoms. The van der Waals surface area contributed by atoms with E-state index in [0.717, 1.165) is 41.9 Å². The Bertz CT molecular complexity index is 758. The highest BCUT2D eigenvalue weighted by Crippen LogP contribution is 2.35. The summed E-state index contributed by atoms with van der Waals surface area (Å²) in [6.45, 7) is 7.26. The zero-order chi connectivity index (χ0) is 18.9. The molecule has 144 valence electrons. The molecular weight excluding hydrogens is 332 g/mol. The second-order valence-electron chi connectivity index (χ2n) is 8.76. The highest BCUT2D eigenvalue weighted by Gasteiger charge is 2.32. The van der Waals surface area contributed by atoms with Gasteiger partial charge in [-0.3, -0.25) is 0 Å². The number of rotatable bonds is 3. The van der Waals surface area contributed by atoms with E-state index in [1.54, 1.807) is 0 Å². The molecule has 0 bridgehead atoms. The second kappa shape index (κ2) is 7.16. The van der Waals surface area contributed by atoms with Gasteiger partial charge in [0, 0.05) is 37.5 Å². The van der Waals surface area contributed by atoms with Crippen LogP contribution < -0.4 is 5.32 Å². The van der Waals surface area contributed by atoms with Crippen LogP contribution in [0.5, 0.6) is 0 Å². The fourth-order valence-corrected chi connectivity index (χ4v) is 3.98. The van der Waals surface area contributed by atoms with E-state index in [4.69, 9.17) is 4.98 Å².